The average molecular weight is 343 g/mol. The summed E-state index contributed by atoms with van der Waals surface area (Å²) in [4.78, 5) is 26.3. The van der Waals surface area contributed by atoms with Gasteiger partial charge < -0.3 is 15.5 Å². The number of amides is 3. The Hall–Kier alpha value is -2.04. The Morgan fingerprint density at radius 1 is 1.16 bits per heavy atom. The Labute approximate surface area is 150 Å². The molecule has 2 N–H and O–H groups in total. The van der Waals surface area contributed by atoms with E-state index in [0.29, 0.717) is 0 Å². The number of fused-ring (bicyclic) bond motifs is 1. The predicted octanol–water partition coefficient (Wildman–Crippen LogP) is 3.11. The summed E-state index contributed by atoms with van der Waals surface area (Å²) in [5.41, 5.74) is 2.63. The molecule has 2 aliphatic rings. The van der Waals surface area contributed by atoms with E-state index in [1.165, 1.54) is 17.5 Å². The van der Waals surface area contributed by atoms with E-state index in [1.54, 1.807) is 0 Å². The lowest BCUT2D eigenvalue weighted by Gasteiger charge is -2.37. The van der Waals surface area contributed by atoms with Crippen LogP contribution in [-0.2, 0) is 10.2 Å². The van der Waals surface area contributed by atoms with Crippen LogP contribution in [0.3, 0.4) is 0 Å². The number of nitrogens with zero attached hydrogens (tertiary/aromatic N) is 1. The first-order valence-corrected chi connectivity index (χ1v) is 9.39. The van der Waals surface area contributed by atoms with Crippen molar-refractivity contribution in [3.05, 3.63) is 35.4 Å². The molecule has 0 aromatic heterocycles. The molecule has 5 nitrogen and oxygen atoms in total. The van der Waals surface area contributed by atoms with Crippen molar-refractivity contribution in [3.63, 3.8) is 0 Å². The van der Waals surface area contributed by atoms with Gasteiger partial charge in [0.05, 0.1) is 12.6 Å². The fourth-order valence-electron chi connectivity index (χ4n) is 3.98. The van der Waals surface area contributed by atoms with Crippen molar-refractivity contribution >= 4 is 11.9 Å². The van der Waals surface area contributed by atoms with E-state index in [-0.39, 0.29) is 29.9 Å². The van der Waals surface area contributed by atoms with Gasteiger partial charge in [-0.3, -0.25) is 4.79 Å². The molecule has 3 amide bonds. The number of rotatable bonds is 3. The van der Waals surface area contributed by atoms with E-state index in [1.807, 2.05) is 11.0 Å². The molecule has 1 aliphatic heterocycles. The highest BCUT2D eigenvalue weighted by Crippen LogP contribution is 2.41. The van der Waals surface area contributed by atoms with Crippen LogP contribution in [0, 0.1) is 0 Å². The van der Waals surface area contributed by atoms with E-state index >= 15 is 0 Å². The van der Waals surface area contributed by atoms with Crippen molar-refractivity contribution in [2.45, 2.75) is 57.4 Å². The molecule has 1 aromatic carbocycles. The van der Waals surface area contributed by atoms with Crippen LogP contribution in [0.25, 0.3) is 0 Å². The van der Waals surface area contributed by atoms with Gasteiger partial charge in [0.25, 0.3) is 0 Å². The number of urea groups is 1. The summed E-state index contributed by atoms with van der Waals surface area (Å²) in [5, 5.41) is 5.79. The van der Waals surface area contributed by atoms with E-state index in [0.717, 1.165) is 38.8 Å². The maximum atomic E-state index is 12.3. The maximum absolute atomic E-state index is 12.3. The van der Waals surface area contributed by atoms with Gasteiger partial charge in [0, 0.05) is 13.1 Å². The zero-order valence-corrected chi connectivity index (χ0v) is 15.3. The molecule has 1 unspecified atom stereocenters. The molecule has 1 atom stereocenters. The van der Waals surface area contributed by atoms with Crippen molar-refractivity contribution < 1.29 is 9.59 Å². The van der Waals surface area contributed by atoms with Crippen LogP contribution >= 0.6 is 0 Å². The van der Waals surface area contributed by atoms with Crippen molar-refractivity contribution in [2.75, 3.05) is 19.6 Å². The summed E-state index contributed by atoms with van der Waals surface area (Å²) in [5.74, 6) is 0.0139. The Bertz CT molecular complexity index is 636. The molecule has 0 bridgehead atoms. The molecule has 25 heavy (non-hydrogen) atoms. The highest BCUT2D eigenvalue weighted by atomic mass is 16.2. The Morgan fingerprint density at radius 3 is 2.64 bits per heavy atom. The van der Waals surface area contributed by atoms with Gasteiger partial charge in [-0.05, 0) is 48.6 Å². The van der Waals surface area contributed by atoms with Crippen LogP contribution in [0.15, 0.2) is 24.3 Å². The van der Waals surface area contributed by atoms with E-state index in [2.05, 4.69) is 42.7 Å². The molecule has 1 fully saturated rings. The van der Waals surface area contributed by atoms with Gasteiger partial charge in [0.1, 0.15) is 0 Å². The van der Waals surface area contributed by atoms with Crippen LogP contribution in [0.4, 0.5) is 4.79 Å². The highest BCUT2D eigenvalue weighted by Gasteiger charge is 2.32. The summed E-state index contributed by atoms with van der Waals surface area (Å²) in [7, 11) is 0. The van der Waals surface area contributed by atoms with Gasteiger partial charge in [-0.15, -0.1) is 0 Å². The lowest BCUT2D eigenvalue weighted by molar-refractivity contribution is -0.130. The second kappa shape index (κ2) is 7.46. The predicted molar refractivity (Wildman–Crippen MR) is 98.4 cm³/mol. The molecule has 3 rings (SSSR count). The van der Waals surface area contributed by atoms with E-state index < -0.39 is 0 Å². The number of likely N-dealkylation sites (tertiary alicyclic amines) is 1. The zero-order chi connectivity index (χ0) is 17.9. The minimum atomic E-state index is -0.259. The summed E-state index contributed by atoms with van der Waals surface area (Å²) in [6.45, 7) is 6.20. The fourth-order valence-corrected chi connectivity index (χ4v) is 3.98. The minimum Gasteiger partial charge on any atom is -0.341 e. The van der Waals surface area contributed by atoms with Crippen LogP contribution in [0.2, 0.25) is 0 Å². The largest absolute Gasteiger partial charge is 0.341 e. The number of piperidine rings is 1. The normalized spacial score (nSPS) is 22.0. The van der Waals surface area contributed by atoms with Crippen LogP contribution in [0.5, 0.6) is 0 Å². The molecule has 0 saturated carbocycles. The first-order valence-electron chi connectivity index (χ1n) is 9.39. The van der Waals surface area contributed by atoms with Gasteiger partial charge in [-0.2, -0.15) is 0 Å². The van der Waals surface area contributed by atoms with Crippen LogP contribution < -0.4 is 10.6 Å². The zero-order valence-electron chi connectivity index (χ0n) is 15.3. The fraction of sp³-hybridized carbons (Fsp3) is 0.600. The Balaban J connectivity index is 1.55. The van der Waals surface area contributed by atoms with Crippen molar-refractivity contribution in [1.82, 2.24) is 15.5 Å². The second-order valence-corrected chi connectivity index (χ2v) is 7.83. The Kier molecular flexibility index (Phi) is 5.30. The molecule has 5 heteroatoms. The first-order chi connectivity index (χ1) is 12.0. The topological polar surface area (TPSA) is 61.4 Å². The minimum absolute atomic E-state index is 0.00862. The molecule has 1 saturated heterocycles. The third kappa shape index (κ3) is 4.14. The first kappa shape index (κ1) is 17.8. The van der Waals surface area contributed by atoms with E-state index in [9.17, 15) is 9.59 Å². The Morgan fingerprint density at radius 2 is 1.88 bits per heavy atom. The highest BCUT2D eigenvalue weighted by molar-refractivity contribution is 5.84. The number of hydrogen-bond acceptors (Lipinski definition) is 2. The number of nitrogens with one attached hydrogen (secondary N) is 2. The molecule has 1 heterocycles. The van der Waals surface area contributed by atoms with E-state index in [4.69, 9.17) is 0 Å². The molecule has 1 aromatic rings. The van der Waals surface area contributed by atoms with Crippen molar-refractivity contribution in [2.24, 2.45) is 0 Å². The monoisotopic (exact) mass is 343 g/mol. The molecule has 0 radical (unpaired) electrons. The third-order valence-electron chi connectivity index (χ3n) is 5.54. The van der Waals surface area contributed by atoms with Gasteiger partial charge in [-0.1, -0.05) is 38.1 Å². The van der Waals surface area contributed by atoms with Crippen LogP contribution in [0.1, 0.15) is 63.1 Å². The standard InChI is InChI=1S/C20H29N3O2/c1-20(2)11-10-17(15-8-4-5-9-16(15)20)22-19(25)21-14-18(24)23-12-6-3-7-13-23/h4-5,8-9,17H,3,6-7,10-14H2,1-2H3,(H2,21,22,25). The van der Waals surface area contributed by atoms with Gasteiger partial charge in [0.2, 0.25) is 5.91 Å². The number of carbonyl (C=O) groups is 2. The summed E-state index contributed by atoms with van der Waals surface area (Å²) < 4.78 is 0. The lowest BCUT2D eigenvalue weighted by atomic mass is 9.71. The molecule has 136 valence electrons. The van der Waals surface area contributed by atoms with Crippen LogP contribution in [-0.4, -0.2) is 36.5 Å². The molecular weight excluding hydrogens is 314 g/mol. The molecular formula is C20H29N3O2. The average Bonchev–Trinajstić information content (AvgIpc) is 2.63. The number of benzene rings is 1. The smallest absolute Gasteiger partial charge is 0.315 e. The maximum Gasteiger partial charge on any atom is 0.315 e. The summed E-state index contributed by atoms with van der Waals surface area (Å²) in [6.07, 6.45) is 5.26. The number of carbonyl (C=O) groups excluding carboxylic acids is 2. The van der Waals surface area contributed by atoms with Crippen molar-refractivity contribution in [3.8, 4) is 0 Å². The quantitative estimate of drug-likeness (QED) is 0.886. The van der Waals surface area contributed by atoms with Gasteiger partial charge in [0.15, 0.2) is 0 Å². The molecule has 0 spiro atoms. The second-order valence-electron chi connectivity index (χ2n) is 7.83. The van der Waals surface area contributed by atoms with Gasteiger partial charge >= 0.3 is 6.03 Å². The summed E-state index contributed by atoms with van der Waals surface area (Å²) in [6, 6.07) is 8.08. The van der Waals surface area contributed by atoms with Gasteiger partial charge in [-0.25, -0.2) is 4.79 Å². The van der Waals surface area contributed by atoms with Crippen molar-refractivity contribution in [1.29, 1.82) is 0 Å². The SMILES string of the molecule is CC1(C)CCC(NC(=O)NCC(=O)N2CCCCC2)c2ccccc21. The molecule has 1 aliphatic carbocycles. The lowest BCUT2D eigenvalue weighted by Crippen LogP contribution is -2.46. The third-order valence-corrected chi connectivity index (χ3v) is 5.54. The number of hydrogen-bond donors (Lipinski definition) is 2. The summed E-state index contributed by atoms with van der Waals surface area (Å²) >= 11 is 0.